The highest BCUT2D eigenvalue weighted by Gasteiger charge is 2.20. The fourth-order valence-electron chi connectivity index (χ4n) is 1.10. The van der Waals surface area contributed by atoms with Gasteiger partial charge in [0.1, 0.15) is 4.90 Å². The Morgan fingerprint density at radius 1 is 1.47 bits per heavy atom. The predicted molar refractivity (Wildman–Crippen MR) is 62.5 cm³/mol. The lowest BCUT2D eigenvalue weighted by Gasteiger charge is -2.08. The van der Waals surface area contributed by atoms with E-state index < -0.39 is 10.0 Å². The third-order valence-electron chi connectivity index (χ3n) is 1.74. The van der Waals surface area contributed by atoms with Gasteiger partial charge in [-0.3, -0.25) is 4.79 Å². The highest BCUT2D eigenvalue weighted by molar-refractivity contribution is 14.1. The first-order valence-electron chi connectivity index (χ1n) is 3.83. The van der Waals surface area contributed by atoms with Crippen LogP contribution in [0.15, 0.2) is 23.1 Å². The zero-order valence-electron chi connectivity index (χ0n) is 7.73. The van der Waals surface area contributed by atoms with Crippen molar-refractivity contribution in [3.05, 3.63) is 23.8 Å². The molecule has 0 aromatic heterocycles. The van der Waals surface area contributed by atoms with E-state index in [1.165, 1.54) is 48.1 Å². The first-order chi connectivity index (χ1) is 6.88. The van der Waals surface area contributed by atoms with Crippen LogP contribution in [-0.2, 0) is 10.0 Å². The van der Waals surface area contributed by atoms with E-state index in [1.54, 1.807) is 0 Å². The van der Waals surface area contributed by atoms with E-state index in [4.69, 9.17) is 8.21 Å². The molecule has 1 rings (SSSR count). The minimum Gasteiger partial charge on any atom is -0.425 e. The molecular weight excluding hydrogens is 333 g/mol. The number of Topliss-reactive ketones (excluding diaryl/α,β-unsaturated/α-hetero) is 1. The van der Waals surface area contributed by atoms with Crippen molar-refractivity contribution in [2.24, 2.45) is 5.14 Å². The number of nitrogens with two attached hydrogens (primary N) is 1. The first kappa shape index (κ1) is 12.4. The molecule has 0 atom stereocenters. The van der Waals surface area contributed by atoms with Gasteiger partial charge < -0.3 is 3.07 Å². The molecular formula is C8H8INO4S. The maximum Gasteiger partial charge on any atom is 0.241 e. The molecule has 0 aliphatic heterocycles. The average Bonchev–Trinajstić information content (AvgIpc) is 2.15. The van der Waals surface area contributed by atoms with Crippen LogP contribution in [0.4, 0.5) is 0 Å². The van der Waals surface area contributed by atoms with Crippen molar-refractivity contribution in [3.8, 4) is 5.75 Å². The summed E-state index contributed by atoms with van der Waals surface area (Å²) in [5.41, 5.74) is 0.191. The van der Waals surface area contributed by atoms with E-state index in [-0.39, 0.29) is 22.0 Å². The van der Waals surface area contributed by atoms with Gasteiger partial charge in [-0.15, -0.1) is 0 Å². The van der Waals surface area contributed by atoms with Crippen molar-refractivity contribution >= 4 is 38.8 Å². The molecule has 1 aromatic rings. The third-order valence-corrected chi connectivity index (χ3v) is 3.12. The van der Waals surface area contributed by atoms with E-state index in [1.807, 2.05) is 0 Å². The summed E-state index contributed by atoms with van der Waals surface area (Å²) in [4.78, 5) is 11.0. The van der Waals surface area contributed by atoms with E-state index in [9.17, 15) is 13.2 Å². The lowest BCUT2D eigenvalue weighted by molar-refractivity contribution is 0.101. The summed E-state index contributed by atoms with van der Waals surface area (Å²) < 4.78 is 27.2. The number of para-hydroxylation sites is 1. The maximum atomic E-state index is 11.2. The second-order valence-electron chi connectivity index (χ2n) is 2.81. The largest absolute Gasteiger partial charge is 0.425 e. The van der Waals surface area contributed by atoms with Crippen LogP contribution in [0.3, 0.4) is 0 Å². The molecule has 0 aliphatic carbocycles. The zero-order valence-corrected chi connectivity index (χ0v) is 10.7. The van der Waals surface area contributed by atoms with Crippen molar-refractivity contribution in [1.29, 1.82) is 0 Å². The molecule has 0 saturated carbocycles. The molecule has 1 aromatic carbocycles. The van der Waals surface area contributed by atoms with Crippen LogP contribution in [0.25, 0.3) is 0 Å². The Morgan fingerprint density at radius 2 is 2.07 bits per heavy atom. The van der Waals surface area contributed by atoms with Gasteiger partial charge in [0.15, 0.2) is 34.5 Å². The Hall–Kier alpha value is -0.670. The summed E-state index contributed by atoms with van der Waals surface area (Å²) in [6, 6.07) is 4.20. The molecule has 0 saturated heterocycles. The van der Waals surface area contributed by atoms with Crippen molar-refractivity contribution in [1.82, 2.24) is 0 Å². The van der Waals surface area contributed by atoms with Crippen LogP contribution in [0.5, 0.6) is 5.75 Å². The van der Waals surface area contributed by atoms with Gasteiger partial charge >= 0.3 is 0 Å². The van der Waals surface area contributed by atoms with Crippen molar-refractivity contribution in [3.63, 3.8) is 0 Å². The van der Waals surface area contributed by atoms with Crippen LogP contribution in [-0.4, -0.2) is 14.2 Å². The zero-order chi connectivity index (χ0) is 11.6. The average molecular weight is 341 g/mol. The first-order valence-corrected chi connectivity index (χ1v) is 6.26. The van der Waals surface area contributed by atoms with Gasteiger partial charge in [-0.1, -0.05) is 6.07 Å². The quantitative estimate of drug-likeness (QED) is 0.663. The lowest BCUT2D eigenvalue weighted by atomic mass is 10.1. The molecule has 0 aliphatic rings. The Kier molecular flexibility index (Phi) is 3.68. The number of halogens is 1. The van der Waals surface area contributed by atoms with Crippen molar-refractivity contribution in [2.45, 2.75) is 11.8 Å². The molecule has 0 amide bonds. The lowest BCUT2D eigenvalue weighted by Crippen LogP contribution is -2.14. The molecule has 15 heavy (non-hydrogen) atoms. The number of rotatable bonds is 3. The summed E-state index contributed by atoms with van der Waals surface area (Å²) in [6.45, 7) is 1.32. The highest BCUT2D eigenvalue weighted by atomic mass is 127. The molecule has 0 radical (unpaired) electrons. The standard InChI is InChI=1S/C8H8INO4S/c1-5(11)6-3-2-4-7(8(6)14-9)15(10,12)13/h2-4H,1H3,(H2,10,12,13). The highest BCUT2D eigenvalue weighted by Crippen LogP contribution is 2.29. The Labute approximate surface area is 101 Å². The number of carbonyl (C=O) groups is 1. The van der Waals surface area contributed by atoms with E-state index in [0.29, 0.717) is 0 Å². The smallest absolute Gasteiger partial charge is 0.241 e. The van der Waals surface area contributed by atoms with Crippen LogP contribution in [0.1, 0.15) is 17.3 Å². The van der Waals surface area contributed by atoms with Gasteiger partial charge in [-0.25, -0.2) is 13.6 Å². The van der Waals surface area contributed by atoms with E-state index >= 15 is 0 Å². The summed E-state index contributed by atoms with van der Waals surface area (Å²) in [7, 11) is -3.88. The van der Waals surface area contributed by atoms with Crippen LogP contribution >= 0.6 is 23.0 Å². The number of ketones is 1. The second-order valence-corrected chi connectivity index (χ2v) is 4.78. The minimum absolute atomic E-state index is 0.0203. The van der Waals surface area contributed by atoms with Gasteiger partial charge in [0, 0.05) is 0 Å². The number of hydrogen-bond acceptors (Lipinski definition) is 4. The van der Waals surface area contributed by atoms with Gasteiger partial charge in [0.2, 0.25) is 10.0 Å². The number of primary sulfonamides is 1. The van der Waals surface area contributed by atoms with E-state index in [0.717, 1.165) is 0 Å². The summed E-state index contributed by atoms with van der Waals surface area (Å²) in [5.74, 6) is -0.305. The number of carbonyl (C=O) groups excluding carboxylic acids is 1. The molecule has 5 nitrogen and oxygen atoms in total. The summed E-state index contributed by atoms with van der Waals surface area (Å²) >= 11 is 1.51. The van der Waals surface area contributed by atoms with Gasteiger partial charge in [-0.05, 0) is 19.1 Å². The molecule has 0 fully saturated rings. The molecule has 0 spiro atoms. The van der Waals surface area contributed by atoms with Gasteiger partial charge in [-0.2, -0.15) is 0 Å². The van der Waals surface area contributed by atoms with Gasteiger partial charge in [0.05, 0.1) is 5.56 Å². The molecule has 0 heterocycles. The van der Waals surface area contributed by atoms with Crippen LogP contribution < -0.4 is 8.21 Å². The number of benzene rings is 1. The third kappa shape index (κ3) is 2.67. The summed E-state index contributed by atoms with van der Waals surface area (Å²) in [6.07, 6.45) is 0. The van der Waals surface area contributed by atoms with Crippen LogP contribution in [0, 0.1) is 0 Å². The normalized spacial score (nSPS) is 11.1. The number of sulfonamides is 1. The minimum atomic E-state index is -3.88. The van der Waals surface area contributed by atoms with Crippen LogP contribution in [0.2, 0.25) is 0 Å². The maximum absolute atomic E-state index is 11.2. The topological polar surface area (TPSA) is 86.5 Å². The molecule has 82 valence electrons. The Bertz CT molecular complexity index is 497. The monoisotopic (exact) mass is 341 g/mol. The van der Waals surface area contributed by atoms with E-state index in [2.05, 4.69) is 0 Å². The number of hydrogen-bond donors (Lipinski definition) is 1. The Balaban J connectivity index is 3.56. The van der Waals surface area contributed by atoms with Crippen molar-refractivity contribution < 1.29 is 16.3 Å². The fraction of sp³-hybridized carbons (Fsp3) is 0.125. The SMILES string of the molecule is CC(=O)c1cccc(S(N)(=O)=O)c1OI. The van der Waals surface area contributed by atoms with Crippen molar-refractivity contribution in [2.75, 3.05) is 0 Å². The Morgan fingerprint density at radius 3 is 2.47 bits per heavy atom. The second kappa shape index (κ2) is 4.45. The fourth-order valence-corrected chi connectivity index (χ4v) is 2.40. The molecule has 0 unspecified atom stereocenters. The summed E-state index contributed by atoms with van der Waals surface area (Å²) in [5, 5.41) is 4.98. The molecule has 2 N–H and O–H groups in total. The van der Waals surface area contributed by atoms with Gasteiger partial charge in [0.25, 0.3) is 0 Å². The molecule has 7 heteroatoms. The predicted octanol–water partition coefficient (Wildman–Crippen LogP) is 1.27. The molecule has 0 bridgehead atoms.